The fraction of sp³-hybridized carbons (Fsp3) is 0.417. The van der Waals surface area contributed by atoms with Gasteiger partial charge in [-0.15, -0.1) is 0 Å². The monoisotopic (exact) mass is 261 g/mol. The number of carbonyl (C=O) groups excluding carboxylic acids is 1. The normalized spacial score (nSPS) is 14.1. The Balaban J connectivity index is 2.99. The number of rotatable bonds is 3. The second kappa shape index (κ2) is 4.97. The summed E-state index contributed by atoms with van der Waals surface area (Å²) in [5.41, 5.74) is -1.11. The van der Waals surface area contributed by atoms with E-state index in [1.165, 1.54) is 13.8 Å². The number of hydrogen-bond acceptors (Lipinski definition) is 2. The molecule has 1 atom stereocenters. The standard InChI is InChI=1S/C12H14F3NO2/c1-11(2,18)9(8-6-4-3-5-7-8)16-10(17)12(13,14)15/h3-7,9,18H,1-2H3,(H,16,17). The summed E-state index contributed by atoms with van der Waals surface area (Å²) >= 11 is 0. The zero-order valence-corrected chi connectivity index (χ0v) is 9.95. The largest absolute Gasteiger partial charge is 0.471 e. The topological polar surface area (TPSA) is 49.3 Å². The first-order valence-electron chi connectivity index (χ1n) is 5.27. The minimum atomic E-state index is -4.97. The van der Waals surface area contributed by atoms with Crippen LogP contribution in [0.15, 0.2) is 30.3 Å². The molecule has 0 aromatic heterocycles. The van der Waals surface area contributed by atoms with Gasteiger partial charge in [-0.05, 0) is 19.4 Å². The summed E-state index contributed by atoms with van der Waals surface area (Å²) in [4.78, 5) is 10.9. The molecule has 1 aromatic carbocycles. The summed E-state index contributed by atoms with van der Waals surface area (Å²) < 4.78 is 36.7. The van der Waals surface area contributed by atoms with E-state index >= 15 is 0 Å². The number of amides is 1. The first-order valence-corrected chi connectivity index (χ1v) is 5.27. The van der Waals surface area contributed by atoms with Crippen molar-refractivity contribution in [3.05, 3.63) is 35.9 Å². The Morgan fingerprint density at radius 1 is 1.22 bits per heavy atom. The lowest BCUT2D eigenvalue weighted by atomic mass is 9.92. The highest BCUT2D eigenvalue weighted by atomic mass is 19.4. The van der Waals surface area contributed by atoms with Crippen molar-refractivity contribution >= 4 is 5.91 Å². The molecule has 0 saturated heterocycles. The predicted molar refractivity (Wildman–Crippen MR) is 59.7 cm³/mol. The second-order valence-electron chi connectivity index (χ2n) is 4.47. The SMILES string of the molecule is CC(C)(O)C(NC(=O)C(F)(F)F)c1ccccc1. The molecule has 2 N–H and O–H groups in total. The zero-order valence-electron chi connectivity index (χ0n) is 9.95. The minimum absolute atomic E-state index is 0.405. The van der Waals surface area contributed by atoms with Gasteiger partial charge in [-0.2, -0.15) is 13.2 Å². The highest BCUT2D eigenvalue weighted by Gasteiger charge is 2.42. The summed E-state index contributed by atoms with van der Waals surface area (Å²) in [6, 6.07) is 6.88. The van der Waals surface area contributed by atoms with Gasteiger partial charge in [-0.1, -0.05) is 30.3 Å². The molecule has 6 heteroatoms. The summed E-state index contributed by atoms with van der Waals surface area (Å²) in [5.74, 6) is -2.07. The second-order valence-corrected chi connectivity index (χ2v) is 4.47. The minimum Gasteiger partial charge on any atom is -0.388 e. The van der Waals surface area contributed by atoms with E-state index in [1.807, 2.05) is 0 Å². The predicted octanol–water partition coefficient (Wildman–Crippen LogP) is 2.18. The summed E-state index contributed by atoms with van der Waals surface area (Å²) in [7, 11) is 0. The lowest BCUT2D eigenvalue weighted by Gasteiger charge is -2.30. The van der Waals surface area contributed by atoms with Crippen molar-refractivity contribution in [1.29, 1.82) is 0 Å². The van der Waals surface area contributed by atoms with Crippen LogP contribution in [-0.2, 0) is 4.79 Å². The number of nitrogens with one attached hydrogen (secondary N) is 1. The van der Waals surface area contributed by atoms with E-state index in [0.717, 1.165) is 0 Å². The maximum absolute atomic E-state index is 12.2. The molecule has 0 heterocycles. The molecule has 1 aromatic rings. The van der Waals surface area contributed by atoms with Gasteiger partial charge < -0.3 is 10.4 Å². The van der Waals surface area contributed by atoms with Crippen LogP contribution in [0.1, 0.15) is 25.5 Å². The van der Waals surface area contributed by atoms with Crippen LogP contribution in [0.25, 0.3) is 0 Å². The Morgan fingerprint density at radius 2 is 1.72 bits per heavy atom. The van der Waals surface area contributed by atoms with E-state index in [1.54, 1.807) is 35.6 Å². The Hall–Kier alpha value is -1.56. The van der Waals surface area contributed by atoms with Gasteiger partial charge in [0.25, 0.3) is 0 Å². The van der Waals surface area contributed by atoms with Crippen LogP contribution in [0.3, 0.4) is 0 Å². The van der Waals surface area contributed by atoms with E-state index in [-0.39, 0.29) is 0 Å². The van der Waals surface area contributed by atoms with Crippen LogP contribution >= 0.6 is 0 Å². The third kappa shape index (κ3) is 3.73. The van der Waals surface area contributed by atoms with Crippen LogP contribution < -0.4 is 5.32 Å². The quantitative estimate of drug-likeness (QED) is 0.876. The smallest absolute Gasteiger partial charge is 0.388 e. The number of hydrogen-bond donors (Lipinski definition) is 2. The van der Waals surface area contributed by atoms with E-state index in [4.69, 9.17) is 0 Å². The van der Waals surface area contributed by atoms with Crippen molar-refractivity contribution in [3.8, 4) is 0 Å². The van der Waals surface area contributed by atoms with Crippen molar-refractivity contribution in [2.24, 2.45) is 0 Å². The summed E-state index contributed by atoms with van der Waals surface area (Å²) in [6.07, 6.45) is -4.97. The summed E-state index contributed by atoms with van der Waals surface area (Å²) in [5, 5.41) is 11.7. The summed E-state index contributed by atoms with van der Waals surface area (Å²) in [6.45, 7) is 2.67. The van der Waals surface area contributed by atoms with Gasteiger partial charge in [0.15, 0.2) is 0 Å². The van der Waals surface area contributed by atoms with Gasteiger partial charge in [0.05, 0.1) is 11.6 Å². The highest BCUT2D eigenvalue weighted by Crippen LogP contribution is 2.27. The third-order valence-corrected chi connectivity index (χ3v) is 2.37. The van der Waals surface area contributed by atoms with Crippen LogP contribution in [0, 0.1) is 0 Å². The van der Waals surface area contributed by atoms with Gasteiger partial charge in [0, 0.05) is 0 Å². The molecule has 0 aliphatic heterocycles. The molecule has 0 bridgehead atoms. The number of benzene rings is 1. The Bertz CT molecular complexity index is 410. The Kier molecular flexibility index (Phi) is 4.01. The van der Waals surface area contributed by atoms with E-state index < -0.39 is 23.7 Å². The van der Waals surface area contributed by atoms with Crippen LogP contribution in [0.5, 0.6) is 0 Å². The molecule has 18 heavy (non-hydrogen) atoms. The van der Waals surface area contributed by atoms with Gasteiger partial charge >= 0.3 is 12.1 Å². The lowest BCUT2D eigenvalue weighted by Crippen LogP contribution is -2.46. The van der Waals surface area contributed by atoms with Gasteiger partial charge in [-0.25, -0.2) is 0 Å². The Morgan fingerprint density at radius 3 is 2.11 bits per heavy atom. The maximum atomic E-state index is 12.2. The molecule has 0 radical (unpaired) electrons. The van der Waals surface area contributed by atoms with Gasteiger partial charge in [-0.3, -0.25) is 4.79 Å². The first-order chi connectivity index (χ1) is 8.12. The van der Waals surface area contributed by atoms with Crippen molar-refractivity contribution in [3.63, 3.8) is 0 Å². The van der Waals surface area contributed by atoms with Gasteiger partial charge in [0.2, 0.25) is 0 Å². The molecule has 1 unspecified atom stereocenters. The van der Waals surface area contributed by atoms with E-state index in [2.05, 4.69) is 0 Å². The molecule has 0 spiro atoms. The fourth-order valence-corrected chi connectivity index (χ4v) is 1.53. The third-order valence-electron chi connectivity index (χ3n) is 2.37. The highest BCUT2D eigenvalue weighted by molar-refractivity contribution is 5.82. The number of alkyl halides is 3. The van der Waals surface area contributed by atoms with Crippen molar-refractivity contribution in [2.75, 3.05) is 0 Å². The molecule has 3 nitrogen and oxygen atoms in total. The van der Waals surface area contributed by atoms with Crippen molar-refractivity contribution < 1.29 is 23.1 Å². The fourth-order valence-electron chi connectivity index (χ4n) is 1.53. The number of aliphatic hydroxyl groups is 1. The lowest BCUT2D eigenvalue weighted by molar-refractivity contribution is -0.176. The zero-order chi connectivity index (χ0) is 14.0. The first kappa shape index (κ1) is 14.5. The van der Waals surface area contributed by atoms with Crippen LogP contribution in [0.2, 0.25) is 0 Å². The molecule has 0 aliphatic rings. The average molecular weight is 261 g/mol. The molecule has 0 fully saturated rings. The Labute approximate surface area is 103 Å². The molecule has 1 rings (SSSR count). The number of carbonyl (C=O) groups is 1. The molecule has 0 saturated carbocycles. The van der Waals surface area contributed by atoms with Crippen LogP contribution in [-0.4, -0.2) is 22.8 Å². The maximum Gasteiger partial charge on any atom is 0.471 e. The van der Waals surface area contributed by atoms with Crippen LogP contribution in [0.4, 0.5) is 13.2 Å². The molecule has 0 aliphatic carbocycles. The molecule has 1 amide bonds. The van der Waals surface area contributed by atoms with Gasteiger partial charge in [0.1, 0.15) is 0 Å². The number of halogens is 3. The van der Waals surface area contributed by atoms with Crippen molar-refractivity contribution in [2.45, 2.75) is 31.7 Å². The molecular formula is C12H14F3NO2. The van der Waals surface area contributed by atoms with E-state index in [9.17, 15) is 23.1 Å². The molecule has 100 valence electrons. The van der Waals surface area contributed by atoms with E-state index in [0.29, 0.717) is 5.56 Å². The average Bonchev–Trinajstić information content (AvgIpc) is 2.23. The molecular weight excluding hydrogens is 247 g/mol. The van der Waals surface area contributed by atoms with Crippen molar-refractivity contribution in [1.82, 2.24) is 5.32 Å².